The van der Waals surface area contributed by atoms with Crippen molar-refractivity contribution in [3.63, 3.8) is 0 Å². The Labute approximate surface area is 170 Å². The van der Waals surface area contributed by atoms with Crippen LogP contribution < -0.4 is 10.6 Å². The van der Waals surface area contributed by atoms with Gasteiger partial charge in [-0.15, -0.1) is 0 Å². The van der Waals surface area contributed by atoms with E-state index < -0.39 is 15.7 Å². The fourth-order valence-corrected chi connectivity index (χ4v) is 4.28. The quantitative estimate of drug-likeness (QED) is 0.389. The molecule has 0 fully saturated rings. The number of para-hydroxylation sites is 1. The lowest BCUT2D eigenvalue weighted by Crippen LogP contribution is -2.38. The largest absolute Gasteiger partial charge is 0.361 e. The lowest BCUT2D eigenvalue weighted by Gasteiger charge is -2.11. The summed E-state index contributed by atoms with van der Waals surface area (Å²) in [7, 11) is -3.72. The SMILES string of the molecule is CCNC(=NCCS(=O)(=O)c1ccccc1F)NCCc1c[nH]c2ccccc12. The van der Waals surface area contributed by atoms with Crippen molar-refractivity contribution in [1.82, 2.24) is 15.6 Å². The van der Waals surface area contributed by atoms with Crippen molar-refractivity contribution >= 4 is 26.7 Å². The van der Waals surface area contributed by atoms with Crippen molar-refractivity contribution < 1.29 is 12.8 Å². The molecule has 8 heteroatoms. The van der Waals surface area contributed by atoms with E-state index in [9.17, 15) is 12.8 Å². The van der Waals surface area contributed by atoms with Gasteiger partial charge in [0, 0.05) is 30.2 Å². The number of halogens is 1. The number of nitrogens with zero attached hydrogens (tertiary/aromatic N) is 1. The van der Waals surface area contributed by atoms with E-state index >= 15 is 0 Å². The number of hydrogen-bond acceptors (Lipinski definition) is 3. The summed E-state index contributed by atoms with van der Waals surface area (Å²) in [5, 5.41) is 7.50. The molecule has 2 aromatic carbocycles. The molecule has 3 rings (SSSR count). The van der Waals surface area contributed by atoms with Crippen LogP contribution in [-0.2, 0) is 16.3 Å². The van der Waals surface area contributed by atoms with Crippen molar-refractivity contribution in [2.24, 2.45) is 4.99 Å². The molecule has 29 heavy (non-hydrogen) atoms. The van der Waals surface area contributed by atoms with Gasteiger partial charge in [0.05, 0.1) is 12.3 Å². The summed E-state index contributed by atoms with van der Waals surface area (Å²) in [4.78, 5) is 7.29. The second-order valence-corrected chi connectivity index (χ2v) is 8.62. The standard InChI is InChI=1S/C21H25FN4O2S/c1-2-23-21(24-12-11-16-15-26-19-9-5-3-7-17(16)19)25-13-14-29(27,28)20-10-6-4-8-18(20)22/h3-10,15,26H,2,11-14H2,1H3,(H2,23,24,25). The Morgan fingerprint density at radius 3 is 2.66 bits per heavy atom. The highest BCUT2D eigenvalue weighted by Crippen LogP contribution is 2.17. The smallest absolute Gasteiger partial charge is 0.191 e. The number of benzene rings is 2. The summed E-state index contributed by atoms with van der Waals surface area (Å²) in [5.41, 5.74) is 2.30. The topological polar surface area (TPSA) is 86.3 Å². The Balaban J connectivity index is 1.57. The van der Waals surface area contributed by atoms with Crippen LogP contribution in [-0.4, -0.2) is 44.7 Å². The van der Waals surface area contributed by atoms with Crippen LogP contribution in [0.1, 0.15) is 12.5 Å². The zero-order valence-corrected chi connectivity index (χ0v) is 17.1. The number of guanidine groups is 1. The number of aromatic nitrogens is 1. The Morgan fingerprint density at radius 2 is 1.86 bits per heavy atom. The van der Waals surface area contributed by atoms with Crippen molar-refractivity contribution in [1.29, 1.82) is 0 Å². The van der Waals surface area contributed by atoms with Gasteiger partial charge in [0.15, 0.2) is 15.8 Å². The Bertz CT molecular complexity index is 1090. The van der Waals surface area contributed by atoms with Crippen LogP contribution in [0.5, 0.6) is 0 Å². The van der Waals surface area contributed by atoms with E-state index in [-0.39, 0.29) is 17.2 Å². The number of aliphatic imine (C=N–C) groups is 1. The number of nitrogens with one attached hydrogen (secondary N) is 3. The van der Waals surface area contributed by atoms with Crippen molar-refractivity contribution in [2.75, 3.05) is 25.4 Å². The molecule has 6 nitrogen and oxygen atoms in total. The van der Waals surface area contributed by atoms with E-state index in [4.69, 9.17) is 0 Å². The molecule has 0 bridgehead atoms. The van der Waals surface area contributed by atoms with Gasteiger partial charge in [-0.25, -0.2) is 12.8 Å². The molecule has 0 radical (unpaired) electrons. The number of rotatable bonds is 8. The first-order chi connectivity index (χ1) is 14.0. The molecule has 0 aliphatic heterocycles. The fourth-order valence-electron chi connectivity index (χ4n) is 3.08. The lowest BCUT2D eigenvalue weighted by atomic mass is 10.1. The van der Waals surface area contributed by atoms with Gasteiger partial charge in [0.2, 0.25) is 0 Å². The Morgan fingerprint density at radius 1 is 1.10 bits per heavy atom. The Kier molecular flexibility index (Phi) is 6.87. The highest BCUT2D eigenvalue weighted by atomic mass is 32.2. The van der Waals surface area contributed by atoms with E-state index in [1.807, 2.05) is 31.3 Å². The molecule has 3 N–H and O–H groups in total. The maximum atomic E-state index is 13.8. The molecule has 3 aromatic rings. The number of fused-ring (bicyclic) bond motifs is 1. The van der Waals surface area contributed by atoms with Gasteiger partial charge in [-0.3, -0.25) is 4.99 Å². The summed E-state index contributed by atoms with van der Waals surface area (Å²) < 4.78 is 38.4. The van der Waals surface area contributed by atoms with E-state index in [1.165, 1.54) is 29.1 Å². The molecule has 0 atom stereocenters. The van der Waals surface area contributed by atoms with E-state index in [1.54, 1.807) is 0 Å². The summed E-state index contributed by atoms with van der Waals surface area (Å²) in [6.45, 7) is 3.28. The maximum Gasteiger partial charge on any atom is 0.191 e. The normalized spacial score (nSPS) is 12.3. The molecule has 0 spiro atoms. The Hall–Kier alpha value is -2.87. The molecule has 0 amide bonds. The molecular weight excluding hydrogens is 391 g/mol. The molecule has 0 saturated carbocycles. The van der Waals surface area contributed by atoms with E-state index in [0.717, 1.165) is 18.0 Å². The molecule has 0 aliphatic rings. The van der Waals surface area contributed by atoms with Gasteiger partial charge in [-0.1, -0.05) is 30.3 Å². The molecule has 0 aliphatic carbocycles. The van der Waals surface area contributed by atoms with Crippen molar-refractivity contribution in [3.05, 3.63) is 66.1 Å². The monoisotopic (exact) mass is 416 g/mol. The average Bonchev–Trinajstić information content (AvgIpc) is 3.11. The third-order valence-corrected chi connectivity index (χ3v) is 6.23. The number of sulfone groups is 1. The zero-order valence-electron chi connectivity index (χ0n) is 16.3. The number of H-pyrrole nitrogens is 1. The second kappa shape index (κ2) is 9.56. The molecule has 154 valence electrons. The molecule has 0 saturated heterocycles. The zero-order chi connectivity index (χ0) is 20.7. The summed E-state index contributed by atoms with van der Waals surface area (Å²) in [6, 6.07) is 13.5. The first-order valence-electron chi connectivity index (χ1n) is 9.55. The van der Waals surface area contributed by atoms with Crippen molar-refractivity contribution in [3.8, 4) is 0 Å². The second-order valence-electron chi connectivity index (χ2n) is 6.55. The fraction of sp³-hybridized carbons (Fsp3) is 0.286. The van der Waals surface area contributed by atoms with Crippen LogP contribution in [0.2, 0.25) is 0 Å². The van der Waals surface area contributed by atoms with Crippen LogP contribution in [0.15, 0.2) is 64.6 Å². The van der Waals surface area contributed by atoms with Gasteiger partial charge in [-0.05, 0) is 37.1 Å². The van der Waals surface area contributed by atoms with Crippen LogP contribution in [0.4, 0.5) is 4.39 Å². The van der Waals surface area contributed by atoms with Gasteiger partial charge >= 0.3 is 0 Å². The third-order valence-electron chi connectivity index (χ3n) is 4.51. The van der Waals surface area contributed by atoms with Crippen molar-refractivity contribution in [2.45, 2.75) is 18.2 Å². The summed E-state index contributed by atoms with van der Waals surface area (Å²) in [5.74, 6) is -0.455. The molecular formula is C21H25FN4O2S. The van der Waals surface area contributed by atoms with Gasteiger partial charge in [0.1, 0.15) is 10.7 Å². The van der Waals surface area contributed by atoms with Crippen LogP contribution in [0, 0.1) is 5.82 Å². The maximum absolute atomic E-state index is 13.8. The average molecular weight is 417 g/mol. The van der Waals surface area contributed by atoms with Crippen LogP contribution in [0.3, 0.4) is 0 Å². The minimum atomic E-state index is -3.72. The molecule has 1 aromatic heterocycles. The van der Waals surface area contributed by atoms with Gasteiger partial charge in [0.25, 0.3) is 0 Å². The molecule has 0 unspecified atom stereocenters. The van der Waals surface area contributed by atoms with Crippen LogP contribution in [0.25, 0.3) is 10.9 Å². The highest BCUT2D eigenvalue weighted by Gasteiger charge is 2.18. The third kappa shape index (κ3) is 5.35. The van der Waals surface area contributed by atoms with Crippen LogP contribution >= 0.6 is 0 Å². The summed E-state index contributed by atoms with van der Waals surface area (Å²) >= 11 is 0. The number of aromatic amines is 1. The van der Waals surface area contributed by atoms with E-state index in [0.29, 0.717) is 19.0 Å². The highest BCUT2D eigenvalue weighted by molar-refractivity contribution is 7.91. The first-order valence-corrected chi connectivity index (χ1v) is 11.2. The predicted molar refractivity (Wildman–Crippen MR) is 114 cm³/mol. The number of hydrogen-bond donors (Lipinski definition) is 3. The predicted octanol–water partition coefficient (Wildman–Crippen LogP) is 2.88. The summed E-state index contributed by atoms with van der Waals surface area (Å²) in [6.07, 6.45) is 2.79. The van der Waals surface area contributed by atoms with Gasteiger partial charge in [-0.2, -0.15) is 0 Å². The first kappa shape index (κ1) is 20.9. The van der Waals surface area contributed by atoms with Gasteiger partial charge < -0.3 is 15.6 Å². The molecule has 1 heterocycles. The minimum Gasteiger partial charge on any atom is -0.361 e. The minimum absolute atomic E-state index is 0.0408. The lowest BCUT2D eigenvalue weighted by molar-refractivity contribution is 0.567. The van der Waals surface area contributed by atoms with E-state index in [2.05, 4.69) is 26.7 Å².